The number of nitrogens with zero attached hydrogens (tertiary/aromatic N) is 2. The molecule has 1 aromatic carbocycles. The van der Waals surface area contributed by atoms with E-state index in [4.69, 9.17) is 0 Å². The molecule has 5 heteroatoms. The summed E-state index contributed by atoms with van der Waals surface area (Å²) in [6.45, 7) is 4.99. The van der Waals surface area contributed by atoms with Gasteiger partial charge in [-0.25, -0.2) is 4.98 Å². The lowest BCUT2D eigenvalue weighted by Gasteiger charge is -2.30. The summed E-state index contributed by atoms with van der Waals surface area (Å²) < 4.78 is 0. The van der Waals surface area contributed by atoms with Crippen molar-refractivity contribution < 1.29 is 4.79 Å². The van der Waals surface area contributed by atoms with E-state index in [0.29, 0.717) is 29.8 Å². The van der Waals surface area contributed by atoms with Gasteiger partial charge in [-0.15, -0.1) is 0 Å². The predicted octanol–water partition coefficient (Wildman–Crippen LogP) is 2.85. The van der Waals surface area contributed by atoms with Crippen LogP contribution in [0.2, 0.25) is 0 Å². The number of carbonyl (C=O) groups excluding carboxylic acids is 1. The lowest BCUT2D eigenvalue weighted by atomic mass is 9.87. The molecule has 1 aliphatic carbocycles. The second-order valence-corrected chi connectivity index (χ2v) is 6.62. The summed E-state index contributed by atoms with van der Waals surface area (Å²) in [6.07, 6.45) is 4.13. The molecule has 1 saturated carbocycles. The highest BCUT2D eigenvalue weighted by Crippen LogP contribution is 2.39. The van der Waals surface area contributed by atoms with Crippen LogP contribution < -0.4 is 5.56 Å². The highest BCUT2D eigenvalue weighted by atomic mass is 16.2. The third kappa shape index (κ3) is 3.00. The molecule has 122 valence electrons. The average Bonchev–Trinajstić information content (AvgIpc) is 3.00. The molecule has 0 radical (unpaired) electrons. The van der Waals surface area contributed by atoms with Gasteiger partial charge in [0.05, 0.1) is 17.4 Å². The Bertz CT molecular complexity index is 775. The van der Waals surface area contributed by atoms with Crippen molar-refractivity contribution >= 4 is 16.8 Å². The van der Waals surface area contributed by atoms with Crippen molar-refractivity contribution in [1.82, 2.24) is 14.9 Å². The van der Waals surface area contributed by atoms with E-state index >= 15 is 0 Å². The molecule has 1 fully saturated rings. The Morgan fingerprint density at radius 3 is 2.70 bits per heavy atom. The van der Waals surface area contributed by atoms with E-state index in [9.17, 15) is 9.59 Å². The maximum Gasteiger partial charge on any atom is 0.258 e. The molecule has 0 saturated heterocycles. The molecular weight excluding hydrogens is 290 g/mol. The minimum Gasteiger partial charge on any atom is -0.335 e. The number of nitrogens with one attached hydrogen (secondary N) is 1. The van der Waals surface area contributed by atoms with Gasteiger partial charge in [0.25, 0.3) is 5.56 Å². The number of H-pyrrole nitrogens is 1. The second kappa shape index (κ2) is 6.14. The Hall–Kier alpha value is -2.17. The van der Waals surface area contributed by atoms with E-state index in [2.05, 4.69) is 16.9 Å². The van der Waals surface area contributed by atoms with E-state index in [1.54, 1.807) is 11.0 Å². The van der Waals surface area contributed by atoms with Crippen molar-refractivity contribution in [2.45, 2.75) is 46.1 Å². The number of carbonyl (C=O) groups is 1. The molecule has 23 heavy (non-hydrogen) atoms. The van der Waals surface area contributed by atoms with Crippen LogP contribution in [0.5, 0.6) is 0 Å². The minimum absolute atomic E-state index is 0.152. The van der Waals surface area contributed by atoms with Crippen LogP contribution in [0.15, 0.2) is 29.1 Å². The highest BCUT2D eigenvalue weighted by molar-refractivity contribution is 5.82. The number of fused-ring (bicyclic) bond motifs is 1. The summed E-state index contributed by atoms with van der Waals surface area (Å²) >= 11 is 0. The van der Waals surface area contributed by atoms with Gasteiger partial charge >= 0.3 is 0 Å². The normalized spacial score (nSPS) is 16.6. The number of amides is 1. The topological polar surface area (TPSA) is 66.1 Å². The predicted molar refractivity (Wildman–Crippen MR) is 90.0 cm³/mol. The standard InChI is InChI=1S/C18H23N3O2/c1-3-21(17(23)18(2)10-6-7-11-18)12-15-19-14-9-5-4-8-13(14)16(22)20-15/h4-5,8-9H,3,6-7,10-12H2,1-2H3,(H,19,20,22). The fraction of sp³-hybridized carbons (Fsp3) is 0.500. The maximum absolute atomic E-state index is 12.9. The first kappa shape index (κ1) is 15.7. The summed E-state index contributed by atoms with van der Waals surface area (Å²) in [5, 5.41) is 0.577. The van der Waals surface area contributed by atoms with Crippen molar-refractivity contribution in [2.75, 3.05) is 6.54 Å². The van der Waals surface area contributed by atoms with Gasteiger partial charge in [0.1, 0.15) is 5.82 Å². The third-order valence-electron chi connectivity index (χ3n) is 4.89. The van der Waals surface area contributed by atoms with Crippen LogP contribution in [0, 0.1) is 5.41 Å². The van der Waals surface area contributed by atoms with E-state index in [1.807, 2.05) is 25.1 Å². The number of hydrogen-bond donors (Lipinski definition) is 1. The van der Waals surface area contributed by atoms with Gasteiger partial charge in [-0.05, 0) is 31.9 Å². The molecule has 3 rings (SSSR count). The van der Waals surface area contributed by atoms with Gasteiger partial charge in [0.15, 0.2) is 0 Å². The maximum atomic E-state index is 12.9. The monoisotopic (exact) mass is 313 g/mol. The van der Waals surface area contributed by atoms with Crippen LogP contribution in [0.25, 0.3) is 10.9 Å². The Kier molecular flexibility index (Phi) is 4.20. The van der Waals surface area contributed by atoms with Crippen molar-refractivity contribution in [1.29, 1.82) is 0 Å². The Morgan fingerprint density at radius 1 is 1.30 bits per heavy atom. The number of aromatic amines is 1. The Balaban J connectivity index is 1.87. The average molecular weight is 313 g/mol. The van der Waals surface area contributed by atoms with Crippen LogP contribution in [-0.2, 0) is 11.3 Å². The van der Waals surface area contributed by atoms with Gasteiger partial charge in [-0.1, -0.05) is 31.9 Å². The molecular formula is C18H23N3O2. The molecule has 0 unspecified atom stereocenters. The molecule has 1 aromatic heterocycles. The van der Waals surface area contributed by atoms with Crippen LogP contribution in [0.1, 0.15) is 45.4 Å². The zero-order chi connectivity index (χ0) is 16.4. The molecule has 0 atom stereocenters. The fourth-order valence-corrected chi connectivity index (χ4v) is 3.47. The molecule has 0 bridgehead atoms. The zero-order valence-corrected chi connectivity index (χ0v) is 13.8. The molecule has 5 nitrogen and oxygen atoms in total. The van der Waals surface area contributed by atoms with E-state index < -0.39 is 0 Å². The lowest BCUT2D eigenvalue weighted by Crippen LogP contribution is -2.41. The quantitative estimate of drug-likeness (QED) is 0.944. The lowest BCUT2D eigenvalue weighted by molar-refractivity contribution is -0.141. The first-order valence-electron chi connectivity index (χ1n) is 8.31. The minimum atomic E-state index is -0.257. The van der Waals surface area contributed by atoms with Crippen molar-refractivity contribution in [3.8, 4) is 0 Å². The summed E-state index contributed by atoms with van der Waals surface area (Å²) in [6, 6.07) is 7.26. The van der Waals surface area contributed by atoms with Crippen molar-refractivity contribution in [3.05, 3.63) is 40.4 Å². The van der Waals surface area contributed by atoms with Crippen LogP contribution in [-0.4, -0.2) is 27.3 Å². The number of hydrogen-bond acceptors (Lipinski definition) is 3. The SMILES string of the molecule is CCN(Cc1nc2ccccc2c(=O)[nH]1)C(=O)C1(C)CCCC1. The second-order valence-electron chi connectivity index (χ2n) is 6.62. The van der Waals surface area contributed by atoms with Crippen LogP contribution in [0.4, 0.5) is 0 Å². The molecule has 2 aromatic rings. The van der Waals surface area contributed by atoms with Crippen molar-refractivity contribution in [2.24, 2.45) is 5.41 Å². The molecule has 1 N–H and O–H groups in total. The molecule has 0 spiro atoms. The summed E-state index contributed by atoms with van der Waals surface area (Å²) in [5.74, 6) is 0.721. The molecule has 1 aliphatic rings. The van der Waals surface area contributed by atoms with Gasteiger partial charge in [-0.2, -0.15) is 0 Å². The molecule has 1 heterocycles. The third-order valence-corrected chi connectivity index (χ3v) is 4.89. The summed E-state index contributed by atoms with van der Waals surface area (Å²) in [7, 11) is 0. The van der Waals surface area contributed by atoms with E-state index in [-0.39, 0.29) is 16.9 Å². The fourth-order valence-electron chi connectivity index (χ4n) is 3.47. The molecule has 0 aliphatic heterocycles. The largest absolute Gasteiger partial charge is 0.335 e. The number of rotatable bonds is 4. The number of para-hydroxylation sites is 1. The highest BCUT2D eigenvalue weighted by Gasteiger charge is 2.38. The van der Waals surface area contributed by atoms with E-state index in [1.165, 1.54) is 0 Å². The van der Waals surface area contributed by atoms with Gasteiger partial charge in [-0.3, -0.25) is 9.59 Å². The zero-order valence-electron chi connectivity index (χ0n) is 13.8. The van der Waals surface area contributed by atoms with Gasteiger partial charge in [0.2, 0.25) is 5.91 Å². The van der Waals surface area contributed by atoms with E-state index in [0.717, 1.165) is 25.7 Å². The molecule has 1 amide bonds. The van der Waals surface area contributed by atoms with Crippen LogP contribution >= 0.6 is 0 Å². The first-order valence-corrected chi connectivity index (χ1v) is 8.31. The number of benzene rings is 1. The Labute approximate surface area is 135 Å². The van der Waals surface area contributed by atoms with Gasteiger partial charge < -0.3 is 9.88 Å². The smallest absolute Gasteiger partial charge is 0.258 e. The number of aromatic nitrogens is 2. The van der Waals surface area contributed by atoms with Crippen molar-refractivity contribution in [3.63, 3.8) is 0 Å². The summed E-state index contributed by atoms with van der Waals surface area (Å²) in [5.41, 5.74) is 0.260. The Morgan fingerprint density at radius 2 is 2.00 bits per heavy atom. The first-order chi connectivity index (χ1) is 11.0. The summed E-state index contributed by atoms with van der Waals surface area (Å²) in [4.78, 5) is 34.1. The van der Waals surface area contributed by atoms with Crippen LogP contribution in [0.3, 0.4) is 0 Å². The van der Waals surface area contributed by atoms with Gasteiger partial charge in [0, 0.05) is 12.0 Å².